The average Bonchev–Trinajstić information content (AvgIpc) is 2.74. The topological polar surface area (TPSA) is 28.1 Å². The summed E-state index contributed by atoms with van der Waals surface area (Å²) in [4.78, 5) is 10.9. The second-order valence-electron chi connectivity index (χ2n) is 8.46. The summed E-state index contributed by atoms with van der Waals surface area (Å²) in [6.45, 7) is 9.90. The van der Waals surface area contributed by atoms with Gasteiger partial charge in [0.05, 0.1) is 5.71 Å². The quantitative estimate of drug-likeness (QED) is 0.421. The summed E-state index contributed by atoms with van der Waals surface area (Å²) in [6, 6.07) is 10.8. The number of piperazine rings is 1. The van der Waals surface area contributed by atoms with Crippen molar-refractivity contribution in [1.29, 1.82) is 0 Å². The van der Waals surface area contributed by atoms with Gasteiger partial charge in [0, 0.05) is 45.2 Å². The van der Waals surface area contributed by atoms with Gasteiger partial charge < -0.3 is 9.74 Å². The highest BCUT2D eigenvalue weighted by molar-refractivity contribution is 5.86. The maximum Gasteiger partial charge on any atom is 0.118 e. The minimum Gasteiger partial charge on any atom is -0.396 e. The third kappa shape index (κ3) is 7.21. The van der Waals surface area contributed by atoms with E-state index in [1.165, 1.54) is 62.9 Å². The van der Waals surface area contributed by atoms with E-state index in [1.807, 2.05) is 0 Å². The Morgan fingerprint density at radius 1 is 1.00 bits per heavy atom. The second-order valence-corrected chi connectivity index (χ2v) is 8.46. The van der Waals surface area contributed by atoms with Gasteiger partial charge in [-0.1, -0.05) is 61.7 Å². The molecule has 0 amide bonds. The van der Waals surface area contributed by atoms with Crippen LogP contribution in [0.15, 0.2) is 35.5 Å². The largest absolute Gasteiger partial charge is 0.396 e. The van der Waals surface area contributed by atoms with Crippen LogP contribution in [0, 0.1) is 5.92 Å². The Hall–Kier alpha value is -1.39. The molecule has 0 spiro atoms. The van der Waals surface area contributed by atoms with Crippen LogP contribution in [-0.2, 0) is 11.4 Å². The average molecular weight is 386 g/mol. The normalized spacial score (nSPS) is 23.2. The molecule has 1 aliphatic carbocycles. The number of hydrogen-bond donors (Lipinski definition) is 0. The number of benzene rings is 1. The molecule has 1 aromatic carbocycles. The van der Waals surface area contributed by atoms with E-state index in [1.54, 1.807) is 0 Å². The van der Waals surface area contributed by atoms with Crippen LogP contribution >= 0.6 is 0 Å². The van der Waals surface area contributed by atoms with Gasteiger partial charge in [-0.15, -0.1) is 0 Å². The Morgan fingerprint density at radius 2 is 1.79 bits per heavy atom. The lowest BCUT2D eigenvalue weighted by Gasteiger charge is -2.34. The first-order valence-electron chi connectivity index (χ1n) is 11.5. The fourth-order valence-corrected chi connectivity index (χ4v) is 4.44. The Bertz CT molecular complexity index is 566. The lowest BCUT2D eigenvalue weighted by molar-refractivity contribution is 0.0990. The lowest BCUT2D eigenvalue weighted by Crippen LogP contribution is -2.46. The van der Waals surface area contributed by atoms with E-state index < -0.39 is 0 Å². The molecule has 1 atom stereocenters. The van der Waals surface area contributed by atoms with Crippen molar-refractivity contribution >= 4 is 5.71 Å². The second kappa shape index (κ2) is 12.2. The zero-order valence-corrected chi connectivity index (χ0v) is 17.8. The standard InChI is InChI=1S/C24H39N3O/c1-2-3-12-23-13-7-8-14-24(23)25-28-20-9-15-26-16-18-27(19-17-26)21-22-10-5-4-6-11-22/h4-6,10-11,23H,2-3,7-9,12-21H2,1H3. The molecule has 0 N–H and O–H groups in total. The van der Waals surface area contributed by atoms with Crippen LogP contribution in [0.25, 0.3) is 0 Å². The third-order valence-electron chi connectivity index (χ3n) is 6.22. The summed E-state index contributed by atoms with van der Waals surface area (Å²) in [5.41, 5.74) is 2.76. The van der Waals surface area contributed by atoms with Crippen molar-refractivity contribution < 1.29 is 4.84 Å². The molecule has 0 aromatic heterocycles. The first-order chi connectivity index (χ1) is 13.8. The molecule has 2 fully saturated rings. The fourth-order valence-electron chi connectivity index (χ4n) is 4.44. The lowest BCUT2D eigenvalue weighted by atomic mass is 9.84. The molecule has 1 saturated carbocycles. The molecule has 2 aliphatic rings. The van der Waals surface area contributed by atoms with Gasteiger partial charge in [0.1, 0.15) is 6.61 Å². The molecule has 0 radical (unpaired) electrons. The first-order valence-corrected chi connectivity index (χ1v) is 11.5. The van der Waals surface area contributed by atoms with E-state index in [-0.39, 0.29) is 0 Å². The predicted octanol–water partition coefficient (Wildman–Crippen LogP) is 4.95. The Morgan fingerprint density at radius 3 is 2.57 bits per heavy atom. The molecular formula is C24H39N3O. The van der Waals surface area contributed by atoms with E-state index in [9.17, 15) is 0 Å². The molecule has 1 unspecified atom stereocenters. The van der Waals surface area contributed by atoms with Gasteiger partial charge in [-0.2, -0.15) is 0 Å². The summed E-state index contributed by atoms with van der Waals surface area (Å²) in [5.74, 6) is 0.686. The Kier molecular flexibility index (Phi) is 9.31. The van der Waals surface area contributed by atoms with Crippen molar-refractivity contribution in [2.45, 2.75) is 64.8 Å². The number of oxime groups is 1. The maximum absolute atomic E-state index is 5.73. The van der Waals surface area contributed by atoms with Crippen LogP contribution in [0.5, 0.6) is 0 Å². The zero-order chi connectivity index (χ0) is 19.4. The van der Waals surface area contributed by atoms with Crippen LogP contribution < -0.4 is 0 Å². The van der Waals surface area contributed by atoms with E-state index in [2.05, 4.69) is 52.2 Å². The highest BCUT2D eigenvalue weighted by Crippen LogP contribution is 2.26. The smallest absolute Gasteiger partial charge is 0.118 e. The molecule has 1 heterocycles. The SMILES string of the molecule is CCCCC1CCCCC1=NOCCCN1CCN(Cc2ccccc2)CC1. The minimum atomic E-state index is 0.686. The molecule has 156 valence electrons. The summed E-state index contributed by atoms with van der Waals surface area (Å²) in [5, 5.41) is 4.55. The summed E-state index contributed by atoms with van der Waals surface area (Å²) < 4.78 is 0. The summed E-state index contributed by atoms with van der Waals surface area (Å²) in [7, 11) is 0. The van der Waals surface area contributed by atoms with Crippen molar-refractivity contribution in [3.8, 4) is 0 Å². The van der Waals surface area contributed by atoms with Gasteiger partial charge in [-0.05, 0) is 37.7 Å². The van der Waals surface area contributed by atoms with E-state index in [0.717, 1.165) is 45.6 Å². The van der Waals surface area contributed by atoms with Crippen LogP contribution in [0.4, 0.5) is 0 Å². The van der Waals surface area contributed by atoms with Crippen LogP contribution in [0.1, 0.15) is 63.9 Å². The summed E-state index contributed by atoms with van der Waals surface area (Å²) >= 11 is 0. The molecule has 4 heteroatoms. The van der Waals surface area contributed by atoms with Crippen molar-refractivity contribution in [2.24, 2.45) is 11.1 Å². The maximum atomic E-state index is 5.73. The molecule has 28 heavy (non-hydrogen) atoms. The van der Waals surface area contributed by atoms with Gasteiger partial charge >= 0.3 is 0 Å². The molecule has 3 rings (SSSR count). The van der Waals surface area contributed by atoms with Crippen LogP contribution in [0.2, 0.25) is 0 Å². The van der Waals surface area contributed by atoms with E-state index >= 15 is 0 Å². The van der Waals surface area contributed by atoms with Gasteiger partial charge in [-0.3, -0.25) is 4.90 Å². The molecule has 0 bridgehead atoms. The zero-order valence-electron chi connectivity index (χ0n) is 17.8. The number of unbranched alkanes of at least 4 members (excludes halogenated alkanes) is 1. The van der Waals surface area contributed by atoms with E-state index in [4.69, 9.17) is 4.84 Å². The van der Waals surface area contributed by atoms with Crippen LogP contribution in [-0.4, -0.2) is 54.8 Å². The van der Waals surface area contributed by atoms with Gasteiger partial charge in [0.15, 0.2) is 0 Å². The summed E-state index contributed by atoms with van der Waals surface area (Å²) in [6.07, 6.45) is 10.1. The highest BCUT2D eigenvalue weighted by Gasteiger charge is 2.20. The Balaban J connectivity index is 1.28. The van der Waals surface area contributed by atoms with Crippen molar-refractivity contribution in [3.05, 3.63) is 35.9 Å². The van der Waals surface area contributed by atoms with Crippen molar-refractivity contribution in [3.63, 3.8) is 0 Å². The molecule has 1 aromatic rings. The number of rotatable bonds is 10. The molecule has 1 aliphatic heterocycles. The van der Waals surface area contributed by atoms with Crippen LogP contribution in [0.3, 0.4) is 0 Å². The predicted molar refractivity (Wildman–Crippen MR) is 118 cm³/mol. The number of hydrogen-bond acceptors (Lipinski definition) is 4. The van der Waals surface area contributed by atoms with Gasteiger partial charge in [0.2, 0.25) is 0 Å². The Labute approximate surface area is 171 Å². The van der Waals surface area contributed by atoms with Crippen molar-refractivity contribution in [2.75, 3.05) is 39.3 Å². The van der Waals surface area contributed by atoms with Crippen molar-refractivity contribution in [1.82, 2.24) is 9.80 Å². The third-order valence-corrected chi connectivity index (χ3v) is 6.22. The molecule has 4 nitrogen and oxygen atoms in total. The minimum absolute atomic E-state index is 0.686. The van der Waals surface area contributed by atoms with Gasteiger partial charge in [-0.25, -0.2) is 0 Å². The monoisotopic (exact) mass is 385 g/mol. The van der Waals surface area contributed by atoms with Gasteiger partial charge in [0.25, 0.3) is 0 Å². The first kappa shape index (κ1) is 21.3. The molecular weight excluding hydrogens is 346 g/mol. The fraction of sp³-hybridized carbons (Fsp3) is 0.708. The molecule has 1 saturated heterocycles. The highest BCUT2D eigenvalue weighted by atomic mass is 16.6. The number of nitrogens with zero attached hydrogens (tertiary/aromatic N) is 3. The van der Waals surface area contributed by atoms with E-state index in [0.29, 0.717) is 5.92 Å².